The van der Waals surface area contributed by atoms with Gasteiger partial charge in [0.25, 0.3) is 0 Å². The molecule has 0 N–H and O–H groups in total. The predicted molar refractivity (Wildman–Crippen MR) is 160 cm³/mol. The SMILES string of the molecule is CC=Cc1ccccc1Oc1ccccc1Oc1cccc(Oc2ccccc2Oc2ccccc2C=CC)n1. The van der Waals surface area contributed by atoms with Gasteiger partial charge in [-0.25, -0.2) is 0 Å². The van der Waals surface area contributed by atoms with Gasteiger partial charge >= 0.3 is 0 Å². The standard InChI is InChI=1S/C35H29NO4/c1-3-14-26-16-5-7-18-28(26)37-30-20-9-11-22-32(30)39-34-24-13-25-35(36-34)40-33-23-12-10-21-31(33)38-29-19-8-6-17-27(29)15-4-2/h3-25H,1-2H3. The quantitative estimate of drug-likeness (QED) is 0.181. The van der Waals surface area contributed by atoms with E-state index in [0.29, 0.717) is 34.8 Å². The van der Waals surface area contributed by atoms with Crippen LogP contribution in [0, 0.1) is 0 Å². The molecule has 0 aliphatic rings. The van der Waals surface area contributed by atoms with Gasteiger partial charge in [-0.2, -0.15) is 4.98 Å². The minimum absolute atomic E-state index is 0.368. The van der Waals surface area contributed by atoms with Crippen molar-refractivity contribution in [3.63, 3.8) is 0 Å². The molecule has 5 nitrogen and oxygen atoms in total. The lowest BCUT2D eigenvalue weighted by Crippen LogP contribution is -1.96. The first kappa shape index (κ1) is 26.3. The predicted octanol–water partition coefficient (Wildman–Crippen LogP) is 10.3. The molecule has 0 atom stereocenters. The first-order chi connectivity index (χ1) is 19.7. The van der Waals surface area contributed by atoms with Crippen molar-refractivity contribution < 1.29 is 18.9 Å². The van der Waals surface area contributed by atoms with Crippen LogP contribution in [-0.2, 0) is 0 Å². The second kappa shape index (κ2) is 13.0. The summed E-state index contributed by atoms with van der Waals surface area (Å²) in [5.74, 6) is 4.42. The van der Waals surface area contributed by atoms with Crippen molar-refractivity contribution in [1.29, 1.82) is 0 Å². The summed E-state index contributed by atoms with van der Waals surface area (Å²) in [6.07, 6.45) is 7.96. The maximum atomic E-state index is 6.23. The van der Waals surface area contributed by atoms with E-state index in [4.69, 9.17) is 18.9 Å². The summed E-state index contributed by atoms with van der Waals surface area (Å²) < 4.78 is 24.8. The summed E-state index contributed by atoms with van der Waals surface area (Å²) in [4.78, 5) is 4.58. The summed E-state index contributed by atoms with van der Waals surface area (Å²) in [5, 5.41) is 0. The fourth-order valence-corrected chi connectivity index (χ4v) is 3.99. The molecule has 0 bridgehead atoms. The average molecular weight is 528 g/mol. The van der Waals surface area contributed by atoms with Crippen LogP contribution in [0.2, 0.25) is 0 Å². The van der Waals surface area contributed by atoms with E-state index in [-0.39, 0.29) is 0 Å². The lowest BCUT2D eigenvalue weighted by atomic mass is 10.2. The van der Waals surface area contributed by atoms with Crippen LogP contribution in [0.15, 0.2) is 127 Å². The van der Waals surface area contributed by atoms with Crippen LogP contribution >= 0.6 is 0 Å². The van der Waals surface area contributed by atoms with Crippen molar-refractivity contribution >= 4 is 12.2 Å². The molecule has 0 aliphatic heterocycles. The Bertz CT molecular complexity index is 1520. The molecule has 0 aliphatic carbocycles. The van der Waals surface area contributed by atoms with Gasteiger partial charge in [0.1, 0.15) is 11.5 Å². The fraction of sp³-hybridized carbons (Fsp3) is 0.0571. The first-order valence-corrected chi connectivity index (χ1v) is 13.0. The number of nitrogens with zero attached hydrogens (tertiary/aromatic N) is 1. The molecule has 0 spiro atoms. The number of rotatable bonds is 10. The van der Waals surface area contributed by atoms with Crippen LogP contribution in [0.5, 0.6) is 46.3 Å². The Labute approximate surface area is 234 Å². The Hall–Kier alpha value is -5.29. The number of hydrogen-bond donors (Lipinski definition) is 0. The molecule has 40 heavy (non-hydrogen) atoms. The first-order valence-electron chi connectivity index (χ1n) is 13.0. The van der Waals surface area contributed by atoms with Crippen molar-refractivity contribution in [2.75, 3.05) is 0 Å². The minimum atomic E-state index is 0.368. The summed E-state index contributed by atoms with van der Waals surface area (Å²) in [5.41, 5.74) is 1.95. The normalized spacial score (nSPS) is 11.1. The molecule has 0 saturated carbocycles. The molecule has 1 heterocycles. The molecule has 1 aromatic heterocycles. The lowest BCUT2D eigenvalue weighted by molar-refractivity contribution is 0.388. The Balaban J connectivity index is 1.36. The van der Waals surface area contributed by atoms with Crippen LogP contribution in [0.1, 0.15) is 25.0 Å². The zero-order valence-electron chi connectivity index (χ0n) is 22.4. The molecule has 5 rings (SSSR count). The van der Waals surface area contributed by atoms with Gasteiger partial charge in [-0.3, -0.25) is 0 Å². The Kier molecular flexibility index (Phi) is 8.54. The van der Waals surface area contributed by atoms with Gasteiger partial charge in [-0.05, 0) is 50.2 Å². The zero-order chi connectivity index (χ0) is 27.6. The molecular formula is C35H29NO4. The van der Waals surface area contributed by atoms with Gasteiger partial charge in [0.2, 0.25) is 11.8 Å². The van der Waals surface area contributed by atoms with E-state index in [1.54, 1.807) is 12.1 Å². The van der Waals surface area contributed by atoms with Crippen LogP contribution in [0.4, 0.5) is 0 Å². The summed E-state index contributed by atoms with van der Waals surface area (Å²) >= 11 is 0. The van der Waals surface area contributed by atoms with Gasteiger partial charge in [-0.15, -0.1) is 0 Å². The molecule has 5 aromatic rings. The lowest BCUT2D eigenvalue weighted by Gasteiger charge is -2.15. The number of para-hydroxylation sites is 6. The van der Waals surface area contributed by atoms with Crippen LogP contribution in [-0.4, -0.2) is 4.98 Å². The molecule has 0 amide bonds. The molecule has 0 fully saturated rings. The number of aromatic nitrogens is 1. The van der Waals surface area contributed by atoms with E-state index in [9.17, 15) is 0 Å². The molecule has 0 unspecified atom stereocenters. The van der Waals surface area contributed by atoms with Crippen LogP contribution < -0.4 is 18.9 Å². The minimum Gasteiger partial charge on any atom is -0.453 e. The third-order valence-electron chi connectivity index (χ3n) is 5.80. The number of hydrogen-bond acceptors (Lipinski definition) is 5. The third-order valence-corrected chi connectivity index (χ3v) is 5.80. The van der Waals surface area contributed by atoms with Crippen molar-refractivity contribution in [3.8, 4) is 46.3 Å². The van der Waals surface area contributed by atoms with Crippen molar-refractivity contribution in [3.05, 3.63) is 139 Å². The maximum Gasteiger partial charge on any atom is 0.222 e. The van der Waals surface area contributed by atoms with Crippen molar-refractivity contribution in [1.82, 2.24) is 4.98 Å². The van der Waals surface area contributed by atoms with Gasteiger partial charge in [-0.1, -0.05) is 91.0 Å². The second-order valence-corrected chi connectivity index (χ2v) is 8.69. The maximum absolute atomic E-state index is 6.23. The summed E-state index contributed by atoms with van der Waals surface area (Å²) in [6.45, 7) is 3.95. The highest BCUT2D eigenvalue weighted by Gasteiger charge is 2.13. The highest BCUT2D eigenvalue weighted by molar-refractivity contribution is 5.59. The molecule has 4 aromatic carbocycles. The van der Waals surface area contributed by atoms with Gasteiger partial charge in [0.15, 0.2) is 23.0 Å². The largest absolute Gasteiger partial charge is 0.453 e. The zero-order valence-corrected chi connectivity index (χ0v) is 22.4. The number of pyridine rings is 1. The van der Waals surface area contributed by atoms with Crippen molar-refractivity contribution in [2.45, 2.75) is 13.8 Å². The van der Waals surface area contributed by atoms with Crippen molar-refractivity contribution in [2.24, 2.45) is 0 Å². The molecule has 0 saturated heterocycles. The van der Waals surface area contributed by atoms with Gasteiger partial charge in [0, 0.05) is 23.3 Å². The second-order valence-electron chi connectivity index (χ2n) is 8.69. The monoisotopic (exact) mass is 527 g/mol. The summed E-state index contributed by atoms with van der Waals surface area (Å²) in [6, 6.07) is 36.0. The van der Waals surface area contributed by atoms with Gasteiger partial charge in [0.05, 0.1) is 0 Å². The summed E-state index contributed by atoms with van der Waals surface area (Å²) in [7, 11) is 0. The van der Waals surface area contributed by atoms with Crippen LogP contribution in [0.3, 0.4) is 0 Å². The number of benzene rings is 4. The van der Waals surface area contributed by atoms with Crippen LogP contribution in [0.25, 0.3) is 12.2 Å². The van der Waals surface area contributed by atoms with E-state index < -0.39 is 0 Å². The molecule has 0 radical (unpaired) electrons. The van der Waals surface area contributed by atoms with E-state index >= 15 is 0 Å². The van der Waals surface area contributed by atoms with E-state index in [1.807, 2.05) is 141 Å². The van der Waals surface area contributed by atoms with E-state index in [0.717, 1.165) is 22.6 Å². The highest BCUT2D eigenvalue weighted by Crippen LogP contribution is 2.38. The van der Waals surface area contributed by atoms with E-state index in [1.165, 1.54) is 0 Å². The van der Waals surface area contributed by atoms with E-state index in [2.05, 4.69) is 4.98 Å². The molecule has 5 heteroatoms. The Morgan fingerprint density at radius 3 is 1.15 bits per heavy atom. The Morgan fingerprint density at radius 1 is 0.400 bits per heavy atom. The number of ether oxygens (including phenoxy) is 4. The molecular weight excluding hydrogens is 498 g/mol. The van der Waals surface area contributed by atoms with Gasteiger partial charge < -0.3 is 18.9 Å². The average Bonchev–Trinajstić information content (AvgIpc) is 2.98. The molecule has 198 valence electrons. The fourth-order valence-electron chi connectivity index (χ4n) is 3.99. The third kappa shape index (κ3) is 6.58. The highest BCUT2D eigenvalue weighted by atomic mass is 16.5. The number of allylic oxidation sites excluding steroid dienone is 2. The Morgan fingerprint density at radius 2 is 0.750 bits per heavy atom. The topological polar surface area (TPSA) is 49.8 Å². The smallest absolute Gasteiger partial charge is 0.222 e.